The van der Waals surface area contributed by atoms with Crippen molar-refractivity contribution in [1.29, 1.82) is 5.26 Å². The summed E-state index contributed by atoms with van der Waals surface area (Å²) in [5.41, 5.74) is 0.328. The maximum Gasteiger partial charge on any atom is 0.182 e. The molecule has 0 aliphatic heterocycles. The summed E-state index contributed by atoms with van der Waals surface area (Å²) in [6.07, 6.45) is 3.95. The number of rotatable bonds is 6. The van der Waals surface area contributed by atoms with Gasteiger partial charge in [-0.05, 0) is 13.3 Å². The van der Waals surface area contributed by atoms with Gasteiger partial charge in [-0.2, -0.15) is 5.26 Å². The zero-order chi connectivity index (χ0) is 10.9. The predicted molar refractivity (Wildman–Crippen MR) is 56.3 cm³/mol. The fourth-order valence-electron chi connectivity index (χ4n) is 1.07. The minimum Gasteiger partial charge on any atom is -0.382 e. The van der Waals surface area contributed by atoms with Gasteiger partial charge in [-0.1, -0.05) is 0 Å². The van der Waals surface area contributed by atoms with Gasteiger partial charge in [0.1, 0.15) is 6.07 Å². The average Bonchev–Trinajstić information content (AvgIpc) is 2.29. The van der Waals surface area contributed by atoms with E-state index in [1.807, 2.05) is 13.0 Å². The van der Waals surface area contributed by atoms with E-state index >= 15 is 0 Å². The molecule has 1 aromatic rings. The Balaban J connectivity index is 2.34. The van der Waals surface area contributed by atoms with Crippen molar-refractivity contribution >= 4 is 5.82 Å². The monoisotopic (exact) mass is 206 g/mol. The SMILES string of the molecule is CCOCCCNc1nccnc1C#N. The van der Waals surface area contributed by atoms with Crippen LogP contribution in [0, 0.1) is 11.3 Å². The van der Waals surface area contributed by atoms with Gasteiger partial charge < -0.3 is 10.1 Å². The highest BCUT2D eigenvalue weighted by molar-refractivity contribution is 5.46. The maximum absolute atomic E-state index is 8.74. The largest absolute Gasteiger partial charge is 0.382 e. The van der Waals surface area contributed by atoms with E-state index in [0.717, 1.165) is 19.6 Å². The highest BCUT2D eigenvalue weighted by Crippen LogP contribution is 2.05. The van der Waals surface area contributed by atoms with Crippen LogP contribution >= 0.6 is 0 Å². The molecule has 1 aromatic heterocycles. The normalized spacial score (nSPS) is 9.60. The van der Waals surface area contributed by atoms with Gasteiger partial charge in [0.05, 0.1) is 0 Å². The third-order valence-corrected chi connectivity index (χ3v) is 1.77. The second-order valence-electron chi connectivity index (χ2n) is 2.84. The molecule has 0 aliphatic carbocycles. The first kappa shape index (κ1) is 11.4. The van der Waals surface area contributed by atoms with Gasteiger partial charge in [0.2, 0.25) is 0 Å². The Hall–Kier alpha value is -1.67. The van der Waals surface area contributed by atoms with Crippen LogP contribution < -0.4 is 5.32 Å². The highest BCUT2D eigenvalue weighted by Gasteiger charge is 2.01. The van der Waals surface area contributed by atoms with E-state index < -0.39 is 0 Å². The molecule has 0 amide bonds. The van der Waals surface area contributed by atoms with Crippen LogP contribution in [0.5, 0.6) is 0 Å². The van der Waals surface area contributed by atoms with E-state index in [9.17, 15) is 0 Å². The summed E-state index contributed by atoms with van der Waals surface area (Å²) in [6.45, 7) is 4.14. The lowest BCUT2D eigenvalue weighted by Crippen LogP contribution is -2.08. The first-order valence-electron chi connectivity index (χ1n) is 4.91. The summed E-state index contributed by atoms with van der Waals surface area (Å²) in [4.78, 5) is 7.93. The number of aromatic nitrogens is 2. The minimum absolute atomic E-state index is 0.328. The smallest absolute Gasteiger partial charge is 0.182 e. The quantitative estimate of drug-likeness (QED) is 0.708. The Labute approximate surface area is 89.1 Å². The number of anilines is 1. The fraction of sp³-hybridized carbons (Fsp3) is 0.500. The molecule has 0 bridgehead atoms. The van der Waals surface area contributed by atoms with E-state index in [2.05, 4.69) is 15.3 Å². The predicted octanol–water partition coefficient (Wildman–Crippen LogP) is 1.19. The van der Waals surface area contributed by atoms with Crippen molar-refractivity contribution in [2.75, 3.05) is 25.1 Å². The Morgan fingerprint density at radius 1 is 1.47 bits per heavy atom. The molecular weight excluding hydrogens is 192 g/mol. The maximum atomic E-state index is 8.74. The van der Waals surface area contributed by atoms with Crippen LogP contribution in [0.1, 0.15) is 19.0 Å². The van der Waals surface area contributed by atoms with Crippen molar-refractivity contribution in [2.45, 2.75) is 13.3 Å². The molecule has 0 saturated heterocycles. The minimum atomic E-state index is 0.328. The average molecular weight is 206 g/mol. The third kappa shape index (κ3) is 3.92. The van der Waals surface area contributed by atoms with Crippen LogP contribution in [0.2, 0.25) is 0 Å². The van der Waals surface area contributed by atoms with Gasteiger partial charge in [-0.3, -0.25) is 0 Å². The van der Waals surface area contributed by atoms with E-state index in [1.54, 1.807) is 6.20 Å². The molecule has 0 aromatic carbocycles. The molecule has 1 heterocycles. The summed E-state index contributed by atoms with van der Waals surface area (Å²) >= 11 is 0. The molecule has 5 heteroatoms. The lowest BCUT2D eigenvalue weighted by Gasteiger charge is -2.05. The van der Waals surface area contributed by atoms with Crippen LogP contribution in [-0.2, 0) is 4.74 Å². The van der Waals surface area contributed by atoms with Crippen LogP contribution in [0.15, 0.2) is 12.4 Å². The number of ether oxygens (including phenoxy) is 1. The second-order valence-corrected chi connectivity index (χ2v) is 2.84. The molecule has 0 spiro atoms. The lowest BCUT2D eigenvalue weighted by molar-refractivity contribution is 0.147. The van der Waals surface area contributed by atoms with Crippen molar-refractivity contribution in [3.63, 3.8) is 0 Å². The standard InChI is InChI=1S/C10H14N4O/c1-2-15-7-3-4-13-10-9(8-11)12-5-6-14-10/h5-6H,2-4,7H2,1H3,(H,13,14). The number of nitrogens with zero attached hydrogens (tertiary/aromatic N) is 3. The number of nitrogens with one attached hydrogen (secondary N) is 1. The molecule has 0 unspecified atom stereocenters. The van der Waals surface area contributed by atoms with Crippen LogP contribution in [0.4, 0.5) is 5.82 Å². The Morgan fingerprint density at radius 2 is 2.27 bits per heavy atom. The Kier molecular flexibility index (Phi) is 5.12. The lowest BCUT2D eigenvalue weighted by atomic mass is 10.4. The van der Waals surface area contributed by atoms with Gasteiger partial charge in [0.25, 0.3) is 0 Å². The summed E-state index contributed by atoms with van der Waals surface area (Å²) in [6, 6.07) is 1.98. The molecule has 15 heavy (non-hydrogen) atoms. The highest BCUT2D eigenvalue weighted by atomic mass is 16.5. The summed E-state index contributed by atoms with van der Waals surface area (Å²) in [5.74, 6) is 0.538. The van der Waals surface area contributed by atoms with Crippen LogP contribution in [-0.4, -0.2) is 29.7 Å². The number of hydrogen-bond donors (Lipinski definition) is 1. The Bertz CT molecular complexity index is 334. The molecule has 0 atom stereocenters. The molecule has 0 aliphatic rings. The van der Waals surface area contributed by atoms with E-state index in [0.29, 0.717) is 18.1 Å². The molecule has 0 radical (unpaired) electrons. The molecule has 1 rings (SSSR count). The molecule has 80 valence electrons. The summed E-state index contributed by atoms with van der Waals surface area (Å²) in [5, 5.41) is 11.8. The Morgan fingerprint density at radius 3 is 3.00 bits per heavy atom. The van der Waals surface area contributed by atoms with Crippen molar-refractivity contribution in [3.05, 3.63) is 18.1 Å². The summed E-state index contributed by atoms with van der Waals surface area (Å²) < 4.78 is 5.19. The van der Waals surface area contributed by atoms with E-state index in [4.69, 9.17) is 10.00 Å². The van der Waals surface area contributed by atoms with Crippen LogP contribution in [0.3, 0.4) is 0 Å². The first-order chi connectivity index (χ1) is 7.38. The number of nitriles is 1. The molecule has 1 N–H and O–H groups in total. The van der Waals surface area contributed by atoms with Crippen molar-refractivity contribution < 1.29 is 4.74 Å². The molecule has 0 saturated carbocycles. The van der Waals surface area contributed by atoms with E-state index in [1.165, 1.54) is 6.20 Å². The summed E-state index contributed by atoms with van der Waals surface area (Å²) in [7, 11) is 0. The van der Waals surface area contributed by atoms with Crippen LogP contribution in [0.25, 0.3) is 0 Å². The fourth-order valence-corrected chi connectivity index (χ4v) is 1.07. The topological polar surface area (TPSA) is 70.8 Å². The molecule has 0 fully saturated rings. The van der Waals surface area contributed by atoms with Gasteiger partial charge in [-0.25, -0.2) is 9.97 Å². The van der Waals surface area contributed by atoms with Crippen molar-refractivity contribution in [2.24, 2.45) is 0 Å². The van der Waals surface area contributed by atoms with E-state index in [-0.39, 0.29) is 0 Å². The van der Waals surface area contributed by atoms with Gasteiger partial charge >= 0.3 is 0 Å². The zero-order valence-corrected chi connectivity index (χ0v) is 8.73. The zero-order valence-electron chi connectivity index (χ0n) is 8.73. The molecule has 5 nitrogen and oxygen atoms in total. The van der Waals surface area contributed by atoms with Gasteiger partial charge in [0, 0.05) is 32.2 Å². The first-order valence-corrected chi connectivity index (χ1v) is 4.91. The van der Waals surface area contributed by atoms with Gasteiger partial charge in [-0.15, -0.1) is 0 Å². The number of hydrogen-bond acceptors (Lipinski definition) is 5. The third-order valence-electron chi connectivity index (χ3n) is 1.77. The van der Waals surface area contributed by atoms with Crippen molar-refractivity contribution in [3.8, 4) is 6.07 Å². The van der Waals surface area contributed by atoms with Gasteiger partial charge in [0.15, 0.2) is 11.5 Å². The molecular formula is C10H14N4O. The second kappa shape index (κ2) is 6.74. The van der Waals surface area contributed by atoms with Crippen molar-refractivity contribution in [1.82, 2.24) is 9.97 Å².